The fraction of sp³-hybridized carbons (Fsp3) is 0.354. The van der Waals surface area contributed by atoms with Crippen molar-refractivity contribution in [2.24, 2.45) is 0 Å². The van der Waals surface area contributed by atoms with Crippen LogP contribution in [0.1, 0.15) is 151 Å². The van der Waals surface area contributed by atoms with Crippen molar-refractivity contribution in [1.82, 2.24) is 9.97 Å². The largest absolute Gasteiger partial charge is 0.453 e. The van der Waals surface area contributed by atoms with Crippen LogP contribution in [0.3, 0.4) is 0 Å². The van der Waals surface area contributed by atoms with Gasteiger partial charge in [-0.15, -0.1) is 11.3 Å². The molecule has 0 N–H and O–H groups in total. The molecule has 3 aliphatic heterocycles. The highest BCUT2D eigenvalue weighted by molar-refractivity contribution is 7.33. The van der Waals surface area contributed by atoms with Crippen molar-refractivity contribution >= 4 is 95.5 Å². The Hall–Kier alpha value is -6.38. The first kappa shape index (κ1) is 47.6. The number of benzene rings is 6. The molecule has 6 aromatic carbocycles. The van der Waals surface area contributed by atoms with E-state index < -0.39 is 0 Å². The highest BCUT2D eigenvalue weighted by atomic mass is 32.1. The molecule has 12 rings (SSSR count). The molecule has 2 aromatic heterocycles. The number of hydrogen-bond donors (Lipinski definition) is 0. The molecule has 370 valence electrons. The number of thiophene rings is 1. The maximum atomic E-state index is 7.27. The minimum absolute atomic E-state index is 0.0130. The Morgan fingerprint density at radius 1 is 0.548 bits per heavy atom. The molecular formula is C65H70BN5OS. The lowest BCUT2D eigenvalue weighted by Gasteiger charge is -2.45. The first-order chi connectivity index (χ1) is 34.2. The quantitative estimate of drug-likeness (QED) is 0.164. The molecule has 4 aliphatic rings. The number of nitrogens with zero attached hydrogens (tertiary/aromatic N) is 5. The summed E-state index contributed by atoms with van der Waals surface area (Å²) >= 11 is 1.91. The van der Waals surface area contributed by atoms with Crippen molar-refractivity contribution in [2.75, 3.05) is 14.7 Å². The highest BCUT2D eigenvalue weighted by Gasteiger charge is 2.51. The number of fused-ring (bicyclic) bond motifs is 9. The third-order valence-corrected chi connectivity index (χ3v) is 17.5. The lowest BCUT2D eigenvalue weighted by atomic mass is 9.36. The van der Waals surface area contributed by atoms with Crippen LogP contribution in [0.4, 0.5) is 51.7 Å². The summed E-state index contributed by atoms with van der Waals surface area (Å²) in [4.78, 5) is 19.3. The number of anilines is 9. The van der Waals surface area contributed by atoms with E-state index in [0.29, 0.717) is 5.95 Å². The zero-order valence-corrected chi connectivity index (χ0v) is 46.7. The number of ether oxygens (including phenoxy) is 1. The molecule has 0 atom stereocenters. The Labute approximate surface area is 438 Å². The predicted octanol–water partition coefficient (Wildman–Crippen LogP) is 16.5. The van der Waals surface area contributed by atoms with E-state index in [-0.39, 0.29) is 39.2 Å². The third kappa shape index (κ3) is 7.47. The molecule has 8 aromatic rings. The van der Waals surface area contributed by atoms with Crippen LogP contribution in [-0.2, 0) is 32.5 Å². The Morgan fingerprint density at radius 2 is 1.14 bits per heavy atom. The summed E-state index contributed by atoms with van der Waals surface area (Å²) in [6, 6.07) is 45.8. The van der Waals surface area contributed by atoms with Gasteiger partial charge in [0.2, 0.25) is 5.95 Å². The van der Waals surface area contributed by atoms with E-state index in [1.54, 1.807) is 0 Å². The summed E-state index contributed by atoms with van der Waals surface area (Å²) in [5, 5.41) is 1.24. The molecule has 6 nitrogen and oxygen atoms in total. The predicted molar refractivity (Wildman–Crippen MR) is 312 cm³/mol. The van der Waals surface area contributed by atoms with E-state index in [4.69, 9.17) is 14.7 Å². The average Bonchev–Trinajstić information content (AvgIpc) is 3.78. The van der Waals surface area contributed by atoms with Crippen LogP contribution in [-0.4, -0.2) is 16.7 Å². The first-order valence-electron chi connectivity index (χ1n) is 26.4. The molecule has 1 aliphatic carbocycles. The minimum atomic E-state index is -0.186. The second-order valence-corrected chi connectivity index (χ2v) is 27.9. The molecule has 0 amide bonds. The summed E-state index contributed by atoms with van der Waals surface area (Å²) < 4.78 is 9.82. The standard InChI is InChI=1S/C65H70BN5OS/c1-60(2,3)38-22-26-43(27-23-38)70-54-45-32-39(61(4,5)6)25-31-52(45)73-56(54)66-48-33-41(63(10,11)12)35-51-55(48)71(49-30-24-40(62(7,8)9)34-50(49)72-51)58-53(66)57(70)67-59(68-58)69(42-20-18-17-19-21-42)44-28-29-46-47(36-44)65(15,16)37-64(46,13)14/h17-36H,37H2,1-16H3. The molecule has 8 heteroatoms. The Balaban J connectivity index is 1.23. The Morgan fingerprint density at radius 3 is 1.79 bits per heavy atom. The van der Waals surface area contributed by atoms with Crippen molar-refractivity contribution in [1.29, 1.82) is 0 Å². The van der Waals surface area contributed by atoms with Gasteiger partial charge >= 0.3 is 0 Å². The van der Waals surface area contributed by atoms with Crippen LogP contribution in [0.25, 0.3) is 10.1 Å². The van der Waals surface area contributed by atoms with Crippen molar-refractivity contribution in [2.45, 2.75) is 150 Å². The summed E-state index contributed by atoms with van der Waals surface area (Å²) in [6.07, 6.45) is 1.08. The molecule has 73 heavy (non-hydrogen) atoms. The molecule has 0 saturated carbocycles. The van der Waals surface area contributed by atoms with Crippen LogP contribution in [0.5, 0.6) is 11.5 Å². The molecule has 0 spiro atoms. The van der Waals surface area contributed by atoms with Gasteiger partial charge in [0.15, 0.2) is 11.5 Å². The van der Waals surface area contributed by atoms with Gasteiger partial charge in [-0.3, -0.25) is 14.7 Å². The maximum Gasteiger partial charge on any atom is 0.269 e. The van der Waals surface area contributed by atoms with Gasteiger partial charge in [0, 0.05) is 37.4 Å². The minimum Gasteiger partial charge on any atom is -0.453 e. The third-order valence-electron chi connectivity index (χ3n) is 16.2. The summed E-state index contributed by atoms with van der Waals surface area (Å²) in [5.74, 6) is 4.05. The van der Waals surface area contributed by atoms with E-state index in [1.165, 1.54) is 59.4 Å². The van der Waals surface area contributed by atoms with E-state index in [0.717, 1.165) is 63.5 Å². The Kier molecular flexibility index (Phi) is 10.2. The van der Waals surface area contributed by atoms with Gasteiger partial charge in [-0.2, -0.15) is 9.97 Å². The topological polar surface area (TPSA) is 44.7 Å². The van der Waals surface area contributed by atoms with Gasteiger partial charge in [0.05, 0.1) is 17.1 Å². The van der Waals surface area contributed by atoms with Crippen molar-refractivity contribution < 1.29 is 4.74 Å². The number of aromatic nitrogens is 2. The van der Waals surface area contributed by atoms with Gasteiger partial charge in [-0.1, -0.05) is 165 Å². The van der Waals surface area contributed by atoms with Crippen molar-refractivity contribution in [3.63, 3.8) is 0 Å². The lowest BCUT2D eigenvalue weighted by Crippen LogP contribution is -2.61. The van der Waals surface area contributed by atoms with E-state index in [9.17, 15) is 0 Å². The average molecular weight is 980 g/mol. The molecule has 0 radical (unpaired) electrons. The monoisotopic (exact) mass is 980 g/mol. The smallest absolute Gasteiger partial charge is 0.269 e. The molecule has 0 bridgehead atoms. The van der Waals surface area contributed by atoms with Crippen LogP contribution < -0.4 is 35.1 Å². The zero-order chi connectivity index (χ0) is 51.7. The molecule has 5 heterocycles. The van der Waals surface area contributed by atoms with Crippen molar-refractivity contribution in [3.8, 4) is 11.5 Å². The fourth-order valence-corrected chi connectivity index (χ4v) is 13.7. The lowest BCUT2D eigenvalue weighted by molar-refractivity contribution is 0.403. The fourth-order valence-electron chi connectivity index (χ4n) is 12.4. The summed E-state index contributed by atoms with van der Waals surface area (Å²) in [6.45, 7) is 37.0. The van der Waals surface area contributed by atoms with Crippen LogP contribution in [0.15, 0.2) is 121 Å². The van der Waals surface area contributed by atoms with Gasteiger partial charge < -0.3 is 4.74 Å². The highest BCUT2D eigenvalue weighted by Crippen LogP contribution is 2.56. The van der Waals surface area contributed by atoms with Crippen LogP contribution in [0, 0.1) is 0 Å². The SMILES string of the molecule is CC(C)(C)c1ccc(N2c3nc(N(c4ccccc4)c4ccc5c(c4)C(C)(C)CC5(C)C)nc4c3B(c3cc(C(C)(C)C)cc5c3N4c3ccc(C(C)(C)C)cc3O5)c3sc4ccc(C(C)(C)C)cc4c32)cc1. The second kappa shape index (κ2) is 15.6. The van der Waals surface area contributed by atoms with Gasteiger partial charge in [-0.25, -0.2) is 0 Å². The second-order valence-electron chi connectivity index (χ2n) is 26.8. The van der Waals surface area contributed by atoms with Crippen LogP contribution in [0.2, 0.25) is 0 Å². The summed E-state index contributed by atoms with van der Waals surface area (Å²) in [5.41, 5.74) is 16.2. The summed E-state index contributed by atoms with van der Waals surface area (Å²) in [7, 11) is 0. The van der Waals surface area contributed by atoms with Crippen LogP contribution >= 0.6 is 11.3 Å². The molecule has 0 unspecified atom stereocenters. The van der Waals surface area contributed by atoms with Gasteiger partial charge in [-0.05, 0) is 144 Å². The molecular weight excluding hydrogens is 910 g/mol. The maximum absolute atomic E-state index is 7.27. The Bertz CT molecular complexity index is 3580. The number of rotatable bonds is 4. The van der Waals surface area contributed by atoms with Gasteiger partial charge in [0.25, 0.3) is 6.71 Å². The molecule has 0 saturated heterocycles. The number of hydrogen-bond acceptors (Lipinski definition) is 7. The number of para-hydroxylation sites is 1. The van der Waals surface area contributed by atoms with Gasteiger partial charge in [0.1, 0.15) is 11.6 Å². The zero-order valence-electron chi connectivity index (χ0n) is 45.9. The van der Waals surface area contributed by atoms with Crippen molar-refractivity contribution in [3.05, 3.63) is 155 Å². The van der Waals surface area contributed by atoms with E-state index in [2.05, 4.69) is 247 Å². The first-order valence-corrected chi connectivity index (χ1v) is 27.2. The van der Waals surface area contributed by atoms with E-state index >= 15 is 0 Å². The van der Waals surface area contributed by atoms with E-state index in [1.807, 2.05) is 11.3 Å². The normalized spacial score (nSPS) is 16.1. The molecule has 0 fully saturated rings.